The second-order valence-electron chi connectivity index (χ2n) is 6.89. The quantitative estimate of drug-likeness (QED) is 0.741. The van der Waals surface area contributed by atoms with E-state index in [1.54, 1.807) is 6.92 Å². The Morgan fingerprint density at radius 2 is 1.96 bits per heavy atom. The molecule has 0 aromatic heterocycles. The van der Waals surface area contributed by atoms with Crippen molar-refractivity contribution >= 4 is 23.6 Å². The number of aliphatic hydroxyl groups excluding tert-OH is 1. The van der Waals surface area contributed by atoms with Crippen LogP contribution in [0.3, 0.4) is 0 Å². The van der Waals surface area contributed by atoms with Crippen molar-refractivity contribution in [2.45, 2.75) is 43.6 Å². The Balaban J connectivity index is 1.63. The molecule has 0 unspecified atom stereocenters. The average molecular weight is 421 g/mol. The highest BCUT2D eigenvalue weighted by Crippen LogP contribution is 2.41. The van der Waals surface area contributed by atoms with E-state index < -0.39 is 48.2 Å². The van der Waals surface area contributed by atoms with Crippen molar-refractivity contribution in [1.29, 1.82) is 0 Å². The van der Waals surface area contributed by atoms with Crippen LogP contribution in [-0.4, -0.2) is 61.0 Å². The molecule has 3 aliphatic heterocycles. The van der Waals surface area contributed by atoms with Crippen LogP contribution in [0.5, 0.6) is 5.75 Å². The number of hydrogen-bond donors (Lipinski definition) is 1. The molecule has 1 N–H and O–H groups in total. The van der Waals surface area contributed by atoms with Crippen LogP contribution in [0, 0.1) is 6.92 Å². The number of carbonyl (C=O) groups excluding carboxylic acids is 1. The molecular formula is C18H16ClF3O6. The van der Waals surface area contributed by atoms with Gasteiger partial charge in [0.2, 0.25) is 6.10 Å². The first-order chi connectivity index (χ1) is 13.1. The molecule has 3 heterocycles. The van der Waals surface area contributed by atoms with Crippen molar-refractivity contribution in [3.05, 3.63) is 33.9 Å². The lowest BCUT2D eigenvalue weighted by Crippen LogP contribution is -2.42. The van der Waals surface area contributed by atoms with Crippen LogP contribution in [0.25, 0.3) is 6.08 Å². The topological polar surface area (TPSA) is 74.2 Å². The van der Waals surface area contributed by atoms with Gasteiger partial charge in [-0.05, 0) is 30.7 Å². The van der Waals surface area contributed by atoms with Crippen molar-refractivity contribution in [3.63, 3.8) is 0 Å². The van der Waals surface area contributed by atoms with Gasteiger partial charge in [0.25, 0.3) is 0 Å². The molecule has 0 saturated carbocycles. The van der Waals surface area contributed by atoms with Crippen LogP contribution < -0.4 is 4.74 Å². The molecule has 152 valence electrons. The van der Waals surface area contributed by atoms with Gasteiger partial charge in [-0.25, -0.2) is 4.79 Å². The zero-order chi connectivity index (χ0) is 20.2. The maximum atomic E-state index is 13.6. The van der Waals surface area contributed by atoms with Gasteiger partial charge in [0.05, 0.1) is 18.8 Å². The van der Waals surface area contributed by atoms with Gasteiger partial charge in [0, 0.05) is 10.6 Å². The number of benzene rings is 1. The highest BCUT2D eigenvalue weighted by atomic mass is 35.5. The Hall–Kier alpha value is -1.81. The largest absolute Gasteiger partial charge is 0.475 e. The Labute approximate surface area is 162 Å². The van der Waals surface area contributed by atoms with Gasteiger partial charge in [0.15, 0.2) is 6.10 Å². The van der Waals surface area contributed by atoms with Crippen LogP contribution in [0.2, 0.25) is 5.02 Å². The lowest BCUT2D eigenvalue weighted by atomic mass is 9.99. The van der Waals surface area contributed by atoms with Gasteiger partial charge in [-0.1, -0.05) is 11.6 Å². The third-order valence-corrected chi connectivity index (χ3v) is 5.09. The van der Waals surface area contributed by atoms with Crippen molar-refractivity contribution < 1.29 is 42.0 Å². The predicted molar refractivity (Wildman–Crippen MR) is 90.0 cm³/mol. The van der Waals surface area contributed by atoms with E-state index >= 15 is 0 Å². The maximum Gasteiger partial charge on any atom is 0.430 e. The number of hydrogen-bond acceptors (Lipinski definition) is 6. The van der Waals surface area contributed by atoms with E-state index in [9.17, 15) is 23.1 Å². The molecule has 5 atom stereocenters. The summed E-state index contributed by atoms with van der Waals surface area (Å²) < 4.78 is 61.7. The molecule has 2 saturated heterocycles. The summed E-state index contributed by atoms with van der Waals surface area (Å²) in [7, 11) is 0. The molecule has 0 amide bonds. The van der Waals surface area contributed by atoms with E-state index in [2.05, 4.69) is 0 Å². The van der Waals surface area contributed by atoms with Gasteiger partial charge in [-0.3, -0.25) is 0 Å². The molecule has 3 aliphatic rings. The minimum atomic E-state index is -4.83. The summed E-state index contributed by atoms with van der Waals surface area (Å²) in [6.45, 7) is 1.49. The zero-order valence-electron chi connectivity index (χ0n) is 14.5. The molecule has 2 fully saturated rings. The van der Waals surface area contributed by atoms with Gasteiger partial charge in [-0.15, -0.1) is 0 Å². The fourth-order valence-corrected chi connectivity index (χ4v) is 3.89. The maximum absolute atomic E-state index is 13.6. The van der Waals surface area contributed by atoms with Crippen molar-refractivity contribution in [2.75, 3.05) is 13.2 Å². The molecule has 4 rings (SSSR count). The number of fused-ring (bicyclic) bond motifs is 2. The Bertz CT molecular complexity index is 839. The summed E-state index contributed by atoms with van der Waals surface area (Å²) in [6.07, 6.45) is -9.41. The Kier molecular flexibility index (Phi) is 4.81. The molecule has 0 aliphatic carbocycles. The number of rotatable bonds is 2. The number of aryl methyl sites for hydroxylation is 1. The van der Waals surface area contributed by atoms with Crippen molar-refractivity contribution in [3.8, 4) is 5.75 Å². The predicted octanol–water partition coefficient (Wildman–Crippen LogP) is 2.43. The second kappa shape index (κ2) is 6.91. The summed E-state index contributed by atoms with van der Waals surface area (Å²) in [5, 5.41) is 10.0. The lowest BCUT2D eigenvalue weighted by Gasteiger charge is -2.29. The summed E-state index contributed by atoms with van der Waals surface area (Å²) in [4.78, 5) is 12.6. The normalized spacial score (nSPS) is 31.6. The smallest absolute Gasteiger partial charge is 0.430 e. The fourth-order valence-electron chi connectivity index (χ4n) is 3.61. The van der Waals surface area contributed by atoms with Crippen molar-refractivity contribution in [2.24, 2.45) is 0 Å². The highest BCUT2D eigenvalue weighted by molar-refractivity contribution is 6.30. The van der Waals surface area contributed by atoms with E-state index in [1.165, 1.54) is 12.1 Å². The SMILES string of the molecule is Cc1cc(Cl)cc2c1O[C@H](C(F)(F)F)C(C(=O)O[C@H]1CO[C@H]3[C@@H]1OC[C@H]3O)=C2. The highest BCUT2D eigenvalue weighted by Gasteiger charge is 2.52. The monoisotopic (exact) mass is 420 g/mol. The minimum Gasteiger partial charge on any atom is -0.475 e. The van der Waals surface area contributed by atoms with Gasteiger partial charge in [0.1, 0.15) is 24.1 Å². The number of ether oxygens (including phenoxy) is 4. The van der Waals surface area contributed by atoms with Crippen LogP contribution in [-0.2, 0) is 19.0 Å². The van der Waals surface area contributed by atoms with Crippen LogP contribution in [0.15, 0.2) is 17.7 Å². The van der Waals surface area contributed by atoms with Gasteiger partial charge < -0.3 is 24.1 Å². The Morgan fingerprint density at radius 1 is 1.25 bits per heavy atom. The summed E-state index contributed by atoms with van der Waals surface area (Å²) in [5.41, 5.74) is -0.0185. The number of carbonyl (C=O) groups is 1. The van der Waals surface area contributed by atoms with E-state index in [0.29, 0.717) is 10.6 Å². The van der Waals surface area contributed by atoms with Crippen molar-refractivity contribution in [1.82, 2.24) is 0 Å². The lowest BCUT2D eigenvalue weighted by molar-refractivity contribution is -0.189. The van der Waals surface area contributed by atoms with Crippen LogP contribution in [0.4, 0.5) is 13.2 Å². The molecular weight excluding hydrogens is 405 g/mol. The number of esters is 1. The Morgan fingerprint density at radius 3 is 2.68 bits per heavy atom. The summed E-state index contributed by atoms with van der Waals surface area (Å²) in [6, 6.07) is 2.89. The van der Waals surface area contributed by atoms with Crippen LogP contribution >= 0.6 is 11.6 Å². The first kappa shape index (κ1) is 19.5. The molecule has 0 spiro atoms. The summed E-state index contributed by atoms with van der Waals surface area (Å²) in [5.74, 6) is -1.18. The molecule has 1 aromatic rings. The molecule has 10 heteroatoms. The van der Waals surface area contributed by atoms with Gasteiger partial charge >= 0.3 is 12.1 Å². The first-order valence-electron chi connectivity index (χ1n) is 8.52. The van der Waals surface area contributed by atoms with E-state index in [-0.39, 0.29) is 24.5 Å². The third-order valence-electron chi connectivity index (χ3n) is 4.87. The number of aliphatic hydroxyl groups is 1. The van der Waals surface area contributed by atoms with E-state index in [0.717, 1.165) is 6.08 Å². The third kappa shape index (κ3) is 3.36. The average Bonchev–Trinajstić information content (AvgIpc) is 3.16. The second-order valence-corrected chi connectivity index (χ2v) is 7.32. The van der Waals surface area contributed by atoms with Crippen LogP contribution in [0.1, 0.15) is 11.1 Å². The summed E-state index contributed by atoms with van der Waals surface area (Å²) >= 11 is 5.97. The van der Waals surface area contributed by atoms with E-state index in [4.69, 9.17) is 30.5 Å². The minimum absolute atomic E-state index is 0.00547. The molecule has 0 radical (unpaired) electrons. The van der Waals surface area contributed by atoms with E-state index in [1.807, 2.05) is 0 Å². The molecule has 1 aromatic carbocycles. The molecule has 6 nitrogen and oxygen atoms in total. The standard InChI is InChI=1S/C18H16ClF3O6/c1-7-2-9(19)3-8-4-10(16(18(20,21)22)28-13(7)8)17(24)27-12-6-26-14-11(23)5-25-15(12)14/h2-4,11-12,14-16,23H,5-6H2,1H3/t11-,12+,14-,15-,16+/m1/s1. The zero-order valence-corrected chi connectivity index (χ0v) is 15.3. The number of halogens is 4. The molecule has 0 bridgehead atoms. The van der Waals surface area contributed by atoms with Gasteiger partial charge in [-0.2, -0.15) is 13.2 Å². The first-order valence-corrected chi connectivity index (χ1v) is 8.90. The molecule has 28 heavy (non-hydrogen) atoms. The fraction of sp³-hybridized carbons (Fsp3) is 0.500. The number of alkyl halides is 3.